The van der Waals surface area contributed by atoms with Crippen LogP contribution < -0.4 is 10.9 Å². The van der Waals surface area contributed by atoms with Crippen LogP contribution >= 0.6 is 11.3 Å². The van der Waals surface area contributed by atoms with Crippen molar-refractivity contribution in [3.63, 3.8) is 0 Å². The molecule has 0 unspecified atom stereocenters. The van der Waals surface area contributed by atoms with Gasteiger partial charge in [0.05, 0.1) is 5.52 Å². The number of hydrazine groups is 1. The first-order valence-corrected chi connectivity index (χ1v) is 8.13. The van der Waals surface area contributed by atoms with E-state index in [0.29, 0.717) is 12.8 Å². The van der Waals surface area contributed by atoms with Gasteiger partial charge in [-0.05, 0) is 40.9 Å². The molecule has 3 aromatic rings. The Morgan fingerprint density at radius 1 is 1.04 bits per heavy atom. The van der Waals surface area contributed by atoms with Gasteiger partial charge in [-0.25, -0.2) is 4.98 Å². The highest BCUT2D eigenvalue weighted by molar-refractivity contribution is 7.07. The molecule has 0 aliphatic carbocycles. The van der Waals surface area contributed by atoms with Crippen molar-refractivity contribution in [3.05, 3.63) is 64.5 Å². The van der Waals surface area contributed by atoms with Gasteiger partial charge in [-0.2, -0.15) is 11.3 Å². The highest BCUT2D eigenvalue weighted by Crippen LogP contribution is 2.11. The van der Waals surface area contributed by atoms with Crippen LogP contribution in [0.1, 0.15) is 22.5 Å². The lowest BCUT2D eigenvalue weighted by molar-refractivity contribution is -0.121. The number of para-hydroxylation sites is 1. The molecule has 0 atom stereocenters. The number of fused-ring (bicyclic) bond motifs is 1. The molecule has 1 aromatic carbocycles. The van der Waals surface area contributed by atoms with Gasteiger partial charge in [0.1, 0.15) is 5.69 Å². The van der Waals surface area contributed by atoms with Crippen molar-refractivity contribution in [2.45, 2.75) is 12.8 Å². The fraction of sp³-hybridized carbons (Fsp3) is 0.118. The van der Waals surface area contributed by atoms with Crippen LogP contribution in [0.4, 0.5) is 0 Å². The number of hydrogen-bond donors (Lipinski definition) is 2. The number of hydrogen-bond acceptors (Lipinski definition) is 4. The Kier molecular flexibility index (Phi) is 4.63. The minimum Gasteiger partial charge on any atom is -0.273 e. The monoisotopic (exact) mass is 325 g/mol. The third-order valence-corrected chi connectivity index (χ3v) is 4.10. The average Bonchev–Trinajstić information content (AvgIpc) is 3.11. The number of aryl methyl sites for hydroxylation is 1. The second kappa shape index (κ2) is 7.02. The first kappa shape index (κ1) is 15.2. The zero-order valence-electron chi connectivity index (χ0n) is 12.3. The summed E-state index contributed by atoms with van der Waals surface area (Å²) in [5.41, 5.74) is 6.94. The lowest BCUT2D eigenvalue weighted by Gasteiger charge is -2.07. The minimum atomic E-state index is -0.431. The summed E-state index contributed by atoms with van der Waals surface area (Å²) in [4.78, 5) is 28.1. The summed E-state index contributed by atoms with van der Waals surface area (Å²) in [7, 11) is 0. The summed E-state index contributed by atoms with van der Waals surface area (Å²) in [6, 6.07) is 13.0. The van der Waals surface area contributed by atoms with Crippen LogP contribution in [0.2, 0.25) is 0 Å². The molecule has 2 heterocycles. The molecule has 116 valence electrons. The number of aromatic nitrogens is 1. The summed E-state index contributed by atoms with van der Waals surface area (Å²) in [5.74, 6) is -0.662. The summed E-state index contributed by atoms with van der Waals surface area (Å²) >= 11 is 1.60. The molecule has 2 aromatic heterocycles. The Hall–Kier alpha value is -2.73. The maximum absolute atomic E-state index is 12.0. The predicted molar refractivity (Wildman–Crippen MR) is 90.0 cm³/mol. The van der Waals surface area contributed by atoms with Crippen LogP contribution in [0.25, 0.3) is 10.9 Å². The van der Waals surface area contributed by atoms with Crippen molar-refractivity contribution in [2.75, 3.05) is 0 Å². The number of rotatable bonds is 4. The molecule has 0 saturated carbocycles. The van der Waals surface area contributed by atoms with Crippen molar-refractivity contribution in [2.24, 2.45) is 0 Å². The zero-order chi connectivity index (χ0) is 16.1. The highest BCUT2D eigenvalue weighted by atomic mass is 32.1. The average molecular weight is 325 g/mol. The van der Waals surface area contributed by atoms with Crippen LogP contribution in [0.3, 0.4) is 0 Å². The number of amides is 2. The number of pyridine rings is 1. The maximum atomic E-state index is 12.0. The lowest BCUT2D eigenvalue weighted by atomic mass is 10.2. The van der Waals surface area contributed by atoms with E-state index in [1.165, 1.54) is 0 Å². The molecule has 0 spiro atoms. The van der Waals surface area contributed by atoms with Crippen LogP contribution in [0, 0.1) is 0 Å². The fourth-order valence-corrected chi connectivity index (χ4v) is 2.84. The van der Waals surface area contributed by atoms with E-state index in [0.717, 1.165) is 16.5 Å². The van der Waals surface area contributed by atoms with Gasteiger partial charge >= 0.3 is 0 Å². The number of thiophene rings is 1. The highest BCUT2D eigenvalue weighted by Gasteiger charge is 2.09. The molecule has 0 aliphatic heterocycles. The zero-order valence-corrected chi connectivity index (χ0v) is 13.1. The Balaban J connectivity index is 1.54. The van der Waals surface area contributed by atoms with Crippen LogP contribution in [0.5, 0.6) is 0 Å². The maximum Gasteiger partial charge on any atom is 0.288 e. The molecular formula is C17H15N3O2S. The van der Waals surface area contributed by atoms with Crippen molar-refractivity contribution >= 4 is 34.1 Å². The molecule has 5 nitrogen and oxygen atoms in total. The Labute approximate surface area is 137 Å². The second-order valence-electron chi connectivity index (χ2n) is 5.02. The molecule has 3 rings (SSSR count). The van der Waals surface area contributed by atoms with Crippen molar-refractivity contribution < 1.29 is 9.59 Å². The van der Waals surface area contributed by atoms with Crippen LogP contribution in [-0.2, 0) is 11.2 Å². The molecule has 6 heteroatoms. The van der Waals surface area contributed by atoms with Gasteiger partial charge in [0.2, 0.25) is 5.91 Å². The molecule has 0 bridgehead atoms. The topological polar surface area (TPSA) is 71.1 Å². The largest absolute Gasteiger partial charge is 0.288 e. The first-order valence-electron chi connectivity index (χ1n) is 7.18. The van der Waals surface area contributed by atoms with E-state index in [-0.39, 0.29) is 11.6 Å². The lowest BCUT2D eigenvalue weighted by Crippen LogP contribution is -2.42. The Morgan fingerprint density at radius 3 is 2.74 bits per heavy atom. The molecule has 2 amide bonds. The Bertz CT molecular complexity index is 831. The fourth-order valence-electron chi connectivity index (χ4n) is 2.14. The summed E-state index contributed by atoms with van der Waals surface area (Å²) < 4.78 is 0. The second-order valence-corrected chi connectivity index (χ2v) is 5.80. The van der Waals surface area contributed by atoms with E-state index < -0.39 is 5.91 Å². The van der Waals surface area contributed by atoms with Gasteiger partial charge in [0, 0.05) is 11.8 Å². The van der Waals surface area contributed by atoms with E-state index >= 15 is 0 Å². The van der Waals surface area contributed by atoms with E-state index in [1.807, 2.05) is 47.2 Å². The number of carbonyl (C=O) groups is 2. The van der Waals surface area contributed by atoms with Gasteiger partial charge < -0.3 is 0 Å². The molecule has 2 N–H and O–H groups in total. The Morgan fingerprint density at radius 2 is 1.91 bits per heavy atom. The quantitative estimate of drug-likeness (QED) is 0.725. The van der Waals surface area contributed by atoms with Crippen molar-refractivity contribution in [3.8, 4) is 0 Å². The standard InChI is InChI=1S/C17H15N3O2S/c21-16(8-5-12-9-10-23-11-12)19-20-17(22)15-7-6-13-3-1-2-4-14(13)18-15/h1-4,6-7,9-11H,5,8H2,(H,19,21)(H,20,22). The number of carbonyl (C=O) groups excluding carboxylic acids is 2. The predicted octanol–water partition coefficient (Wildman–Crippen LogP) is 2.69. The molecule has 0 saturated heterocycles. The smallest absolute Gasteiger partial charge is 0.273 e. The van der Waals surface area contributed by atoms with Crippen LogP contribution in [-0.4, -0.2) is 16.8 Å². The summed E-state index contributed by atoms with van der Waals surface area (Å²) in [5, 5.41) is 4.94. The van der Waals surface area contributed by atoms with Gasteiger partial charge in [-0.1, -0.05) is 24.3 Å². The van der Waals surface area contributed by atoms with Crippen LogP contribution in [0.15, 0.2) is 53.2 Å². The minimum absolute atomic E-state index is 0.231. The molecule has 0 fully saturated rings. The van der Waals surface area contributed by atoms with E-state index in [1.54, 1.807) is 17.4 Å². The molecule has 0 aliphatic rings. The molecule has 0 radical (unpaired) electrons. The first-order chi connectivity index (χ1) is 11.2. The SMILES string of the molecule is O=C(CCc1ccsc1)NNC(=O)c1ccc2ccccc2n1. The van der Waals surface area contributed by atoms with Gasteiger partial charge in [-0.3, -0.25) is 20.4 Å². The van der Waals surface area contributed by atoms with E-state index in [4.69, 9.17) is 0 Å². The van der Waals surface area contributed by atoms with E-state index in [2.05, 4.69) is 15.8 Å². The summed E-state index contributed by atoms with van der Waals surface area (Å²) in [6.45, 7) is 0. The van der Waals surface area contributed by atoms with Crippen molar-refractivity contribution in [1.82, 2.24) is 15.8 Å². The number of nitrogens with zero attached hydrogens (tertiary/aromatic N) is 1. The van der Waals surface area contributed by atoms with Gasteiger partial charge in [0.15, 0.2) is 0 Å². The van der Waals surface area contributed by atoms with Gasteiger partial charge in [-0.15, -0.1) is 0 Å². The van der Waals surface area contributed by atoms with E-state index in [9.17, 15) is 9.59 Å². The molecular weight excluding hydrogens is 310 g/mol. The van der Waals surface area contributed by atoms with Crippen molar-refractivity contribution in [1.29, 1.82) is 0 Å². The normalized spacial score (nSPS) is 10.4. The third-order valence-electron chi connectivity index (χ3n) is 3.37. The summed E-state index contributed by atoms with van der Waals surface area (Å²) in [6.07, 6.45) is 0.974. The number of benzene rings is 1. The number of nitrogens with one attached hydrogen (secondary N) is 2. The molecule has 23 heavy (non-hydrogen) atoms. The van der Waals surface area contributed by atoms with Gasteiger partial charge in [0.25, 0.3) is 5.91 Å². The third kappa shape index (κ3) is 3.92.